The van der Waals surface area contributed by atoms with Crippen LogP contribution < -0.4 is 5.32 Å². The highest BCUT2D eigenvalue weighted by Gasteiger charge is 2.17. The van der Waals surface area contributed by atoms with Gasteiger partial charge in [0, 0.05) is 0 Å². The van der Waals surface area contributed by atoms with E-state index in [-0.39, 0.29) is 0 Å². The first-order chi connectivity index (χ1) is 7.34. The van der Waals surface area contributed by atoms with Crippen molar-refractivity contribution in [1.82, 2.24) is 10.2 Å². The first-order valence-electron chi connectivity index (χ1n) is 6.38. The highest BCUT2D eigenvalue weighted by atomic mass is 16.5. The molecular formula is C12H24N2O. The largest absolute Gasteiger partial charge is 0.378 e. The van der Waals surface area contributed by atoms with E-state index in [9.17, 15) is 0 Å². The highest BCUT2D eigenvalue weighted by Crippen LogP contribution is 2.15. The number of piperidine rings is 1. The molecule has 0 spiro atoms. The van der Waals surface area contributed by atoms with E-state index in [4.69, 9.17) is 4.74 Å². The fraction of sp³-hybridized carbons (Fsp3) is 1.00. The van der Waals surface area contributed by atoms with Gasteiger partial charge in [0.2, 0.25) is 0 Å². The Morgan fingerprint density at radius 3 is 2.60 bits per heavy atom. The van der Waals surface area contributed by atoms with Crippen molar-refractivity contribution in [2.45, 2.75) is 32.2 Å². The molecule has 88 valence electrons. The first-order valence-corrected chi connectivity index (χ1v) is 6.38. The van der Waals surface area contributed by atoms with Gasteiger partial charge in [-0.05, 0) is 51.4 Å². The molecule has 0 aromatic heterocycles. The van der Waals surface area contributed by atoms with Crippen LogP contribution in [-0.4, -0.2) is 50.3 Å². The van der Waals surface area contributed by atoms with Crippen LogP contribution in [0.1, 0.15) is 26.2 Å². The number of ether oxygens (including phenoxy) is 1. The van der Waals surface area contributed by atoms with E-state index >= 15 is 0 Å². The SMILES string of the molecule is CC1CCN(CCCNC2COC2)CC1. The van der Waals surface area contributed by atoms with Gasteiger partial charge in [0.05, 0.1) is 19.3 Å². The molecule has 0 radical (unpaired) electrons. The minimum absolute atomic E-state index is 0.645. The van der Waals surface area contributed by atoms with Gasteiger partial charge in [-0.3, -0.25) is 0 Å². The average molecular weight is 212 g/mol. The van der Waals surface area contributed by atoms with Crippen LogP contribution >= 0.6 is 0 Å². The Bertz CT molecular complexity index is 174. The Morgan fingerprint density at radius 2 is 2.00 bits per heavy atom. The van der Waals surface area contributed by atoms with Gasteiger partial charge in [0.15, 0.2) is 0 Å². The molecule has 2 fully saturated rings. The summed E-state index contributed by atoms with van der Waals surface area (Å²) in [5, 5.41) is 3.52. The lowest BCUT2D eigenvalue weighted by atomic mass is 9.99. The number of nitrogens with one attached hydrogen (secondary N) is 1. The van der Waals surface area contributed by atoms with Gasteiger partial charge < -0.3 is 15.0 Å². The summed E-state index contributed by atoms with van der Waals surface area (Å²) in [6.45, 7) is 9.26. The maximum atomic E-state index is 5.12. The third-order valence-electron chi connectivity index (χ3n) is 3.60. The first kappa shape index (κ1) is 11.4. The summed E-state index contributed by atoms with van der Waals surface area (Å²) >= 11 is 0. The maximum absolute atomic E-state index is 5.12. The van der Waals surface area contributed by atoms with Crippen molar-refractivity contribution in [2.24, 2.45) is 5.92 Å². The minimum Gasteiger partial charge on any atom is -0.378 e. The zero-order valence-corrected chi connectivity index (χ0v) is 9.87. The van der Waals surface area contributed by atoms with Gasteiger partial charge in [-0.15, -0.1) is 0 Å². The van der Waals surface area contributed by atoms with E-state index in [0.29, 0.717) is 6.04 Å². The molecule has 0 saturated carbocycles. The Kier molecular flexibility index (Phi) is 4.42. The fourth-order valence-corrected chi connectivity index (χ4v) is 2.25. The van der Waals surface area contributed by atoms with Crippen LogP contribution in [0.5, 0.6) is 0 Å². The predicted octanol–water partition coefficient (Wildman–Crippen LogP) is 1.10. The van der Waals surface area contributed by atoms with Crippen LogP contribution in [0.3, 0.4) is 0 Å². The molecule has 0 aromatic rings. The molecule has 0 aliphatic carbocycles. The summed E-state index contributed by atoms with van der Waals surface area (Å²) in [5.41, 5.74) is 0. The van der Waals surface area contributed by atoms with Crippen LogP contribution in [-0.2, 0) is 4.74 Å². The molecule has 0 bridgehead atoms. The number of nitrogens with zero attached hydrogens (tertiary/aromatic N) is 1. The van der Waals surface area contributed by atoms with E-state index < -0.39 is 0 Å². The van der Waals surface area contributed by atoms with Crippen molar-refractivity contribution in [3.63, 3.8) is 0 Å². The maximum Gasteiger partial charge on any atom is 0.0643 e. The Balaban J connectivity index is 1.46. The topological polar surface area (TPSA) is 24.5 Å². The van der Waals surface area contributed by atoms with E-state index in [2.05, 4.69) is 17.1 Å². The summed E-state index contributed by atoms with van der Waals surface area (Å²) in [6, 6.07) is 0.645. The monoisotopic (exact) mass is 212 g/mol. The van der Waals surface area contributed by atoms with Crippen LogP contribution in [0.4, 0.5) is 0 Å². The molecule has 2 rings (SSSR count). The second-order valence-corrected chi connectivity index (χ2v) is 5.07. The van der Waals surface area contributed by atoms with Crippen LogP contribution in [0.25, 0.3) is 0 Å². The molecule has 3 heteroatoms. The zero-order chi connectivity index (χ0) is 10.5. The van der Waals surface area contributed by atoms with Crippen molar-refractivity contribution in [2.75, 3.05) is 39.4 Å². The molecule has 1 N–H and O–H groups in total. The van der Waals surface area contributed by atoms with E-state index in [1.165, 1.54) is 38.9 Å². The molecule has 0 unspecified atom stereocenters. The summed E-state index contributed by atoms with van der Waals surface area (Å²) in [5.74, 6) is 0.950. The van der Waals surface area contributed by atoms with Gasteiger partial charge in [-0.1, -0.05) is 6.92 Å². The van der Waals surface area contributed by atoms with E-state index in [1.54, 1.807) is 0 Å². The van der Waals surface area contributed by atoms with Crippen LogP contribution in [0, 0.1) is 5.92 Å². The van der Waals surface area contributed by atoms with Crippen molar-refractivity contribution in [1.29, 1.82) is 0 Å². The van der Waals surface area contributed by atoms with Crippen molar-refractivity contribution < 1.29 is 4.74 Å². The van der Waals surface area contributed by atoms with Crippen molar-refractivity contribution in [3.05, 3.63) is 0 Å². The lowest BCUT2D eigenvalue weighted by Crippen LogP contribution is -2.46. The number of hydrogen-bond acceptors (Lipinski definition) is 3. The zero-order valence-electron chi connectivity index (χ0n) is 9.87. The summed E-state index contributed by atoms with van der Waals surface area (Å²) in [4.78, 5) is 2.61. The quantitative estimate of drug-likeness (QED) is 0.691. The van der Waals surface area contributed by atoms with E-state index in [0.717, 1.165) is 25.7 Å². The average Bonchev–Trinajstić information content (AvgIpc) is 2.18. The Hall–Kier alpha value is -0.120. The molecule has 2 aliphatic rings. The number of likely N-dealkylation sites (tertiary alicyclic amines) is 1. The lowest BCUT2D eigenvalue weighted by Gasteiger charge is -2.31. The van der Waals surface area contributed by atoms with Crippen molar-refractivity contribution >= 4 is 0 Å². The Morgan fingerprint density at radius 1 is 1.27 bits per heavy atom. The molecule has 0 amide bonds. The molecule has 2 aliphatic heterocycles. The molecular weight excluding hydrogens is 188 g/mol. The normalized spacial score (nSPS) is 25.4. The van der Waals surface area contributed by atoms with Gasteiger partial charge in [0.25, 0.3) is 0 Å². The summed E-state index contributed by atoms with van der Waals surface area (Å²) in [7, 11) is 0. The summed E-state index contributed by atoms with van der Waals surface area (Å²) in [6.07, 6.45) is 4.07. The Labute approximate surface area is 93.2 Å². The standard InChI is InChI=1S/C12H24N2O/c1-11-3-7-14(8-4-11)6-2-5-13-12-9-15-10-12/h11-13H,2-10H2,1H3. The fourth-order valence-electron chi connectivity index (χ4n) is 2.25. The van der Waals surface area contributed by atoms with Crippen molar-refractivity contribution in [3.8, 4) is 0 Å². The minimum atomic E-state index is 0.645. The van der Waals surface area contributed by atoms with Gasteiger partial charge in [-0.2, -0.15) is 0 Å². The predicted molar refractivity (Wildman–Crippen MR) is 62.1 cm³/mol. The van der Waals surface area contributed by atoms with Gasteiger partial charge >= 0.3 is 0 Å². The molecule has 3 nitrogen and oxygen atoms in total. The molecule has 2 heterocycles. The molecule has 0 aromatic carbocycles. The number of hydrogen-bond donors (Lipinski definition) is 1. The van der Waals surface area contributed by atoms with Gasteiger partial charge in [0.1, 0.15) is 0 Å². The molecule has 2 saturated heterocycles. The third-order valence-corrected chi connectivity index (χ3v) is 3.60. The number of rotatable bonds is 5. The molecule has 15 heavy (non-hydrogen) atoms. The van der Waals surface area contributed by atoms with Crippen LogP contribution in [0.15, 0.2) is 0 Å². The molecule has 0 atom stereocenters. The second-order valence-electron chi connectivity index (χ2n) is 5.07. The summed E-state index contributed by atoms with van der Waals surface area (Å²) < 4.78 is 5.12. The lowest BCUT2D eigenvalue weighted by molar-refractivity contribution is -0.00522. The van der Waals surface area contributed by atoms with Gasteiger partial charge in [-0.25, -0.2) is 0 Å². The van der Waals surface area contributed by atoms with Crippen LogP contribution in [0.2, 0.25) is 0 Å². The second kappa shape index (κ2) is 5.83. The van der Waals surface area contributed by atoms with E-state index in [1.807, 2.05) is 0 Å². The highest BCUT2D eigenvalue weighted by molar-refractivity contribution is 4.73. The third kappa shape index (κ3) is 3.74. The smallest absolute Gasteiger partial charge is 0.0643 e.